The Bertz CT molecular complexity index is 673. The second kappa shape index (κ2) is 7.04. The number of carbonyl (C=O) groups excluding carboxylic acids is 1. The maximum absolute atomic E-state index is 11.8. The van der Waals surface area contributed by atoms with Crippen molar-refractivity contribution in [3.05, 3.63) is 30.0 Å². The molecule has 126 valence electrons. The number of rotatable bonds is 7. The molecule has 5 heteroatoms. The Labute approximate surface area is 136 Å². The Kier molecular flexibility index (Phi) is 5.31. The number of aromatic amines is 1. The first kappa shape index (κ1) is 17.3. The van der Waals surface area contributed by atoms with Crippen molar-refractivity contribution in [3.63, 3.8) is 0 Å². The van der Waals surface area contributed by atoms with E-state index in [1.54, 1.807) is 13.0 Å². The third kappa shape index (κ3) is 4.73. The SMILES string of the molecule is CCOC(=O)c1cc2cc(OC(C)(C)COC(C)C)ccc2[nH]1. The molecule has 0 aliphatic carbocycles. The van der Waals surface area contributed by atoms with Crippen molar-refractivity contribution in [3.8, 4) is 5.75 Å². The number of carbonyl (C=O) groups is 1. The largest absolute Gasteiger partial charge is 0.485 e. The quantitative estimate of drug-likeness (QED) is 0.786. The standard InChI is InChI=1S/C18H25NO4/c1-6-21-17(20)16-10-13-9-14(7-8-15(13)19-16)23-18(4,5)11-22-12(2)3/h7-10,12,19H,6,11H2,1-5H3. The van der Waals surface area contributed by atoms with E-state index >= 15 is 0 Å². The molecule has 23 heavy (non-hydrogen) atoms. The van der Waals surface area contributed by atoms with E-state index in [1.165, 1.54) is 0 Å². The Balaban J connectivity index is 2.15. The van der Waals surface area contributed by atoms with Gasteiger partial charge in [0, 0.05) is 10.9 Å². The van der Waals surface area contributed by atoms with Crippen LogP contribution < -0.4 is 4.74 Å². The van der Waals surface area contributed by atoms with Crippen LogP contribution in [0, 0.1) is 0 Å². The molecule has 1 heterocycles. The van der Waals surface area contributed by atoms with Gasteiger partial charge in [-0.3, -0.25) is 0 Å². The second-order valence-electron chi connectivity index (χ2n) is 6.37. The molecule has 0 aliphatic rings. The van der Waals surface area contributed by atoms with Gasteiger partial charge >= 0.3 is 5.97 Å². The topological polar surface area (TPSA) is 60.6 Å². The molecule has 0 atom stereocenters. The highest BCUT2D eigenvalue weighted by atomic mass is 16.5. The van der Waals surface area contributed by atoms with Crippen LogP contribution in [0.5, 0.6) is 5.75 Å². The summed E-state index contributed by atoms with van der Waals surface area (Å²) in [5, 5.41) is 0.908. The van der Waals surface area contributed by atoms with E-state index in [9.17, 15) is 4.79 Å². The van der Waals surface area contributed by atoms with E-state index < -0.39 is 5.60 Å². The molecule has 0 unspecified atom stereocenters. The van der Waals surface area contributed by atoms with Crippen LogP contribution in [0.2, 0.25) is 0 Å². The molecular formula is C18H25NO4. The molecule has 0 aliphatic heterocycles. The van der Waals surface area contributed by atoms with E-state index in [0.29, 0.717) is 18.9 Å². The number of ether oxygens (including phenoxy) is 3. The summed E-state index contributed by atoms with van der Waals surface area (Å²) in [6.45, 7) is 10.6. The first-order valence-electron chi connectivity index (χ1n) is 7.91. The van der Waals surface area contributed by atoms with Crippen molar-refractivity contribution in [2.45, 2.75) is 46.3 Å². The van der Waals surface area contributed by atoms with Gasteiger partial charge in [0.05, 0.1) is 19.3 Å². The van der Waals surface area contributed by atoms with Crippen LogP contribution in [0.3, 0.4) is 0 Å². The molecule has 2 aromatic rings. The monoisotopic (exact) mass is 319 g/mol. The molecule has 0 saturated carbocycles. The molecule has 0 bridgehead atoms. The molecule has 0 radical (unpaired) electrons. The van der Waals surface area contributed by atoms with Crippen molar-refractivity contribution >= 4 is 16.9 Å². The molecule has 0 fully saturated rings. The molecule has 0 amide bonds. The highest BCUT2D eigenvalue weighted by Gasteiger charge is 2.21. The zero-order valence-electron chi connectivity index (χ0n) is 14.4. The summed E-state index contributed by atoms with van der Waals surface area (Å²) in [6.07, 6.45) is 0.164. The first-order chi connectivity index (χ1) is 10.8. The minimum absolute atomic E-state index is 0.164. The first-order valence-corrected chi connectivity index (χ1v) is 7.91. The summed E-state index contributed by atoms with van der Waals surface area (Å²) < 4.78 is 16.7. The van der Waals surface area contributed by atoms with Gasteiger partial charge in [-0.2, -0.15) is 0 Å². The Morgan fingerprint density at radius 3 is 2.65 bits per heavy atom. The van der Waals surface area contributed by atoms with Gasteiger partial charge in [0.15, 0.2) is 0 Å². The van der Waals surface area contributed by atoms with Crippen LogP contribution in [0.15, 0.2) is 24.3 Å². The highest BCUT2D eigenvalue weighted by molar-refractivity contribution is 5.95. The van der Waals surface area contributed by atoms with Gasteiger partial charge in [-0.1, -0.05) is 0 Å². The van der Waals surface area contributed by atoms with E-state index in [1.807, 2.05) is 45.9 Å². The van der Waals surface area contributed by atoms with Gasteiger partial charge in [-0.25, -0.2) is 4.79 Å². The summed E-state index contributed by atoms with van der Waals surface area (Å²) >= 11 is 0. The fourth-order valence-corrected chi connectivity index (χ4v) is 2.21. The van der Waals surface area contributed by atoms with Crippen LogP contribution in [0.4, 0.5) is 0 Å². The number of benzene rings is 1. The minimum atomic E-state index is -0.432. The van der Waals surface area contributed by atoms with Crippen molar-refractivity contribution < 1.29 is 19.0 Å². The normalized spacial score (nSPS) is 11.9. The Hall–Kier alpha value is -2.01. The number of aromatic nitrogens is 1. The molecule has 1 N–H and O–H groups in total. The number of fused-ring (bicyclic) bond motifs is 1. The van der Waals surface area contributed by atoms with Crippen molar-refractivity contribution in [1.29, 1.82) is 0 Å². The van der Waals surface area contributed by atoms with Crippen LogP contribution >= 0.6 is 0 Å². The van der Waals surface area contributed by atoms with Gasteiger partial charge < -0.3 is 19.2 Å². The van der Waals surface area contributed by atoms with Gasteiger partial charge in [-0.05, 0) is 58.9 Å². The zero-order valence-corrected chi connectivity index (χ0v) is 14.4. The predicted octanol–water partition coefficient (Wildman–Crippen LogP) is 3.93. The van der Waals surface area contributed by atoms with Gasteiger partial charge in [-0.15, -0.1) is 0 Å². The maximum atomic E-state index is 11.8. The molecule has 2 rings (SSSR count). The maximum Gasteiger partial charge on any atom is 0.354 e. The highest BCUT2D eigenvalue weighted by Crippen LogP contribution is 2.25. The van der Waals surface area contributed by atoms with Crippen LogP contribution in [-0.2, 0) is 9.47 Å². The lowest BCUT2D eigenvalue weighted by Gasteiger charge is -2.27. The smallest absolute Gasteiger partial charge is 0.354 e. The van der Waals surface area contributed by atoms with Crippen molar-refractivity contribution in [2.75, 3.05) is 13.2 Å². The number of hydrogen-bond acceptors (Lipinski definition) is 4. The summed E-state index contributed by atoms with van der Waals surface area (Å²) in [4.78, 5) is 14.8. The molecule has 1 aromatic carbocycles. The van der Waals surface area contributed by atoms with Crippen LogP contribution in [0.25, 0.3) is 10.9 Å². The van der Waals surface area contributed by atoms with Crippen LogP contribution in [-0.4, -0.2) is 35.9 Å². The summed E-state index contributed by atoms with van der Waals surface area (Å²) in [7, 11) is 0. The third-order valence-corrected chi connectivity index (χ3v) is 3.25. The molecule has 0 spiro atoms. The van der Waals surface area contributed by atoms with Crippen molar-refractivity contribution in [2.24, 2.45) is 0 Å². The fraction of sp³-hybridized carbons (Fsp3) is 0.500. The number of esters is 1. The average molecular weight is 319 g/mol. The summed E-state index contributed by atoms with van der Waals surface area (Å²) in [5.41, 5.74) is 0.885. The van der Waals surface area contributed by atoms with Gasteiger partial charge in [0.2, 0.25) is 0 Å². The van der Waals surface area contributed by atoms with E-state index in [-0.39, 0.29) is 12.1 Å². The van der Waals surface area contributed by atoms with Gasteiger partial charge in [0.25, 0.3) is 0 Å². The average Bonchev–Trinajstić information content (AvgIpc) is 2.88. The molecule has 1 aromatic heterocycles. The molecular weight excluding hydrogens is 294 g/mol. The third-order valence-electron chi connectivity index (χ3n) is 3.25. The Morgan fingerprint density at radius 1 is 1.26 bits per heavy atom. The number of nitrogens with one attached hydrogen (secondary N) is 1. The summed E-state index contributed by atoms with van der Waals surface area (Å²) in [6, 6.07) is 7.46. The lowest BCUT2D eigenvalue weighted by molar-refractivity contribution is -0.0276. The zero-order chi connectivity index (χ0) is 17.0. The lowest BCUT2D eigenvalue weighted by Crippen LogP contribution is -2.35. The second-order valence-corrected chi connectivity index (χ2v) is 6.37. The number of hydrogen-bond donors (Lipinski definition) is 1. The van der Waals surface area contributed by atoms with E-state index in [2.05, 4.69) is 4.98 Å². The number of H-pyrrole nitrogens is 1. The predicted molar refractivity (Wildman–Crippen MR) is 90.1 cm³/mol. The molecule has 5 nitrogen and oxygen atoms in total. The molecule has 0 saturated heterocycles. The fourth-order valence-electron chi connectivity index (χ4n) is 2.21. The summed E-state index contributed by atoms with van der Waals surface area (Å²) in [5.74, 6) is 0.390. The van der Waals surface area contributed by atoms with E-state index in [0.717, 1.165) is 16.7 Å². The lowest BCUT2D eigenvalue weighted by atomic mass is 10.1. The Morgan fingerprint density at radius 2 is 2.00 bits per heavy atom. The minimum Gasteiger partial charge on any atom is -0.485 e. The van der Waals surface area contributed by atoms with Gasteiger partial charge in [0.1, 0.15) is 17.0 Å². The van der Waals surface area contributed by atoms with E-state index in [4.69, 9.17) is 14.2 Å². The van der Waals surface area contributed by atoms with Crippen LogP contribution in [0.1, 0.15) is 45.1 Å². The van der Waals surface area contributed by atoms with Crippen molar-refractivity contribution in [1.82, 2.24) is 4.98 Å².